The van der Waals surface area contributed by atoms with Gasteiger partial charge in [0, 0.05) is 0 Å². The van der Waals surface area contributed by atoms with E-state index in [9.17, 15) is 0 Å². The molecule has 0 spiro atoms. The van der Waals surface area contributed by atoms with Gasteiger partial charge in [-0.05, 0) is 29.8 Å². The lowest BCUT2D eigenvalue weighted by atomic mass is 9.98. The highest BCUT2D eigenvalue weighted by atomic mass is 35.7. The van der Waals surface area contributed by atoms with Crippen LogP contribution in [0.5, 0.6) is 0 Å². The summed E-state index contributed by atoms with van der Waals surface area (Å²) >= 11 is 12.9. The first-order valence-corrected chi connectivity index (χ1v) is 11.5. The highest BCUT2D eigenvalue weighted by Gasteiger charge is 2.29. The summed E-state index contributed by atoms with van der Waals surface area (Å²) in [6.07, 6.45) is 5.24. The maximum Gasteiger partial charge on any atom is 0.251 e. The standard InChI is InChI=1S/C14H30Cl2Si/c1-12(2)7-6-8-14(5)9-10-17(15,16)11-13(3)4/h12-14H,6-11H2,1-5H3/t14-/m0/s1. The van der Waals surface area contributed by atoms with Crippen molar-refractivity contribution < 1.29 is 0 Å². The van der Waals surface area contributed by atoms with Crippen molar-refractivity contribution in [3.63, 3.8) is 0 Å². The van der Waals surface area contributed by atoms with Crippen LogP contribution in [-0.4, -0.2) is 6.69 Å². The molecule has 0 saturated carbocycles. The summed E-state index contributed by atoms with van der Waals surface area (Å²) in [5, 5.41) is 0. The van der Waals surface area contributed by atoms with Crippen LogP contribution in [0.1, 0.15) is 60.3 Å². The maximum absolute atomic E-state index is 6.46. The van der Waals surface area contributed by atoms with Crippen LogP contribution < -0.4 is 0 Å². The van der Waals surface area contributed by atoms with Crippen LogP contribution in [0.25, 0.3) is 0 Å². The molecule has 0 rings (SSSR count). The third-order valence-electron chi connectivity index (χ3n) is 3.19. The van der Waals surface area contributed by atoms with Crippen molar-refractivity contribution in [1.82, 2.24) is 0 Å². The number of halogens is 2. The van der Waals surface area contributed by atoms with E-state index in [0.29, 0.717) is 5.92 Å². The summed E-state index contributed by atoms with van der Waals surface area (Å²) < 4.78 is 0. The summed E-state index contributed by atoms with van der Waals surface area (Å²) in [5.74, 6) is 2.25. The van der Waals surface area contributed by atoms with E-state index in [-0.39, 0.29) is 0 Å². The van der Waals surface area contributed by atoms with Gasteiger partial charge in [0.2, 0.25) is 0 Å². The largest absolute Gasteiger partial charge is 0.251 e. The van der Waals surface area contributed by atoms with Crippen molar-refractivity contribution in [3.8, 4) is 0 Å². The molecule has 0 bridgehead atoms. The van der Waals surface area contributed by atoms with Crippen molar-refractivity contribution in [2.75, 3.05) is 0 Å². The zero-order valence-corrected chi connectivity index (χ0v) is 14.7. The Hall–Kier alpha value is 0.797. The monoisotopic (exact) mass is 296 g/mol. The fraction of sp³-hybridized carbons (Fsp3) is 1.00. The van der Waals surface area contributed by atoms with Crippen molar-refractivity contribution in [3.05, 3.63) is 0 Å². The lowest BCUT2D eigenvalue weighted by molar-refractivity contribution is 0.448. The van der Waals surface area contributed by atoms with Crippen LogP contribution in [0.15, 0.2) is 0 Å². The molecule has 0 radical (unpaired) electrons. The summed E-state index contributed by atoms with van der Waals surface area (Å²) in [4.78, 5) is 0. The van der Waals surface area contributed by atoms with E-state index in [0.717, 1.165) is 23.9 Å². The van der Waals surface area contributed by atoms with Gasteiger partial charge >= 0.3 is 0 Å². The number of hydrogen-bond acceptors (Lipinski definition) is 0. The predicted octanol–water partition coefficient (Wildman–Crippen LogP) is 6.41. The molecule has 3 heteroatoms. The summed E-state index contributed by atoms with van der Waals surface area (Å²) in [5.41, 5.74) is 0. The van der Waals surface area contributed by atoms with Gasteiger partial charge in [0.15, 0.2) is 0 Å². The Balaban J connectivity index is 3.71. The summed E-state index contributed by atoms with van der Waals surface area (Å²) in [6.45, 7) is 9.40. The van der Waals surface area contributed by atoms with E-state index >= 15 is 0 Å². The molecular formula is C14H30Cl2Si. The Morgan fingerprint density at radius 3 is 1.88 bits per heavy atom. The summed E-state index contributed by atoms with van der Waals surface area (Å²) in [7, 11) is 0. The quantitative estimate of drug-likeness (QED) is 0.340. The molecule has 0 saturated heterocycles. The van der Waals surface area contributed by atoms with Crippen molar-refractivity contribution in [2.45, 2.75) is 72.4 Å². The Morgan fingerprint density at radius 2 is 1.41 bits per heavy atom. The fourth-order valence-corrected chi connectivity index (χ4v) is 7.00. The molecule has 0 aliphatic carbocycles. The van der Waals surface area contributed by atoms with Crippen LogP contribution in [0.3, 0.4) is 0 Å². The molecule has 0 aromatic carbocycles. The molecule has 0 unspecified atom stereocenters. The second kappa shape index (κ2) is 8.82. The van der Waals surface area contributed by atoms with Gasteiger partial charge in [-0.15, -0.1) is 22.2 Å². The SMILES string of the molecule is CC(C)CCC[C@H](C)CC[Si](Cl)(Cl)CC(C)C. The molecule has 0 nitrogen and oxygen atoms in total. The van der Waals surface area contributed by atoms with Gasteiger partial charge in [-0.3, -0.25) is 0 Å². The van der Waals surface area contributed by atoms with E-state index in [2.05, 4.69) is 34.6 Å². The third kappa shape index (κ3) is 11.6. The minimum atomic E-state index is -1.95. The van der Waals surface area contributed by atoms with Gasteiger partial charge in [-0.25, -0.2) is 0 Å². The highest BCUT2D eigenvalue weighted by Crippen LogP contribution is 2.32. The Bertz CT molecular complexity index is 191. The van der Waals surface area contributed by atoms with E-state index in [4.69, 9.17) is 22.2 Å². The first kappa shape index (κ1) is 17.8. The van der Waals surface area contributed by atoms with Crippen LogP contribution >= 0.6 is 22.2 Å². The van der Waals surface area contributed by atoms with E-state index < -0.39 is 6.69 Å². The van der Waals surface area contributed by atoms with Gasteiger partial charge in [-0.1, -0.05) is 60.3 Å². The molecule has 0 N–H and O–H groups in total. The normalized spacial score (nSPS) is 14.6. The average molecular weight is 297 g/mol. The zero-order chi connectivity index (χ0) is 13.5. The lowest BCUT2D eigenvalue weighted by Gasteiger charge is -2.21. The van der Waals surface area contributed by atoms with E-state index in [1.165, 1.54) is 25.7 Å². The van der Waals surface area contributed by atoms with Crippen LogP contribution in [0.2, 0.25) is 12.1 Å². The molecule has 17 heavy (non-hydrogen) atoms. The molecule has 1 atom stereocenters. The van der Waals surface area contributed by atoms with Crippen molar-refractivity contribution in [2.24, 2.45) is 17.8 Å². The van der Waals surface area contributed by atoms with Crippen LogP contribution in [-0.2, 0) is 0 Å². The molecule has 104 valence electrons. The predicted molar refractivity (Wildman–Crippen MR) is 84.4 cm³/mol. The molecule has 0 aromatic heterocycles. The third-order valence-corrected chi connectivity index (χ3v) is 7.68. The van der Waals surface area contributed by atoms with Gasteiger partial charge in [0.1, 0.15) is 0 Å². The molecule has 0 amide bonds. The van der Waals surface area contributed by atoms with Gasteiger partial charge in [0.25, 0.3) is 6.69 Å². The minimum Gasteiger partial charge on any atom is -0.146 e. The Kier molecular flexibility index (Phi) is 9.24. The number of rotatable bonds is 9. The fourth-order valence-electron chi connectivity index (χ4n) is 2.18. The smallest absolute Gasteiger partial charge is 0.146 e. The van der Waals surface area contributed by atoms with Crippen LogP contribution in [0, 0.1) is 17.8 Å². The number of hydrogen-bond donors (Lipinski definition) is 0. The molecule has 0 fully saturated rings. The van der Waals surface area contributed by atoms with Gasteiger partial charge in [0.05, 0.1) is 0 Å². The van der Waals surface area contributed by atoms with Crippen molar-refractivity contribution >= 4 is 28.9 Å². The van der Waals surface area contributed by atoms with E-state index in [1.54, 1.807) is 0 Å². The van der Waals surface area contributed by atoms with Gasteiger partial charge < -0.3 is 0 Å². The first-order chi connectivity index (χ1) is 7.73. The van der Waals surface area contributed by atoms with Crippen molar-refractivity contribution in [1.29, 1.82) is 0 Å². The first-order valence-electron chi connectivity index (χ1n) is 7.10. The lowest BCUT2D eigenvalue weighted by Crippen LogP contribution is -2.22. The molecule has 0 aliphatic rings. The van der Waals surface area contributed by atoms with Gasteiger partial charge in [-0.2, -0.15) is 0 Å². The Labute approximate surface area is 119 Å². The highest BCUT2D eigenvalue weighted by molar-refractivity contribution is 7.45. The second-order valence-corrected chi connectivity index (χ2v) is 14.0. The average Bonchev–Trinajstić information content (AvgIpc) is 2.12. The minimum absolute atomic E-state index is 0.632. The molecular weight excluding hydrogens is 267 g/mol. The Morgan fingerprint density at radius 1 is 0.824 bits per heavy atom. The molecule has 0 aliphatic heterocycles. The topological polar surface area (TPSA) is 0 Å². The molecule has 0 aromatic rings. The maximum atomic E-state index is 6.46. The summed E-state index contributed by atoms with van der Waals surface area (Å²) in [6, 6.07) is 2.10. The van der Waals surface area contributed by atoms with E-state index in [1.807, 2.05) is 0 Å². The second-order valence-electron chi connectivity index (χ2n) is 6.42. The zero-order valence-electron chi connectivity index (χ0n) is 12.2. The van der Waals surface area contributed by atoms with Crippen LogP contribution in [0.4, 0.5) is 0 Å². The molecule has 0 heterocycles.